The lowest BCUT2D eigenvalue weighted by molar-refractivity contribution is 0.0765. The Bertz CT molecular complexity index is 839. The van der Waals surface area contributed by atoms with Crippen LogP contribution in [0.3, 0.4) is 0 Å². The molecule has 134 valence electrons. The number of benzene rings is 1. The van der Waals surface area contributed by atoms with Crippen molar-refractivity contribution in [1.29, 1.82) is 0 Å². The van der Waals surface area contributed by atoms with Crippen molar-refractivity contribution in [2.24, 2.45) is 0 Å². The van der Waals surface area contributed by atoms with Crippen molar-refractivity contribution in [3.63, 3.8) is 0 Å². The summed E-state index contributed by atoms with van der Waals surface area (Å²) >= 11 is 1.10. The van der Waals surface area contributed by atoms with Crippen LogP contribution in [0.1, 0.15) is 41.0 Å². The van der Waals surface area contributed by atoms with Crippen molar-refractivity contribution in [2.45, 2.75) is 37.5 Å². The smallest absolute Gasteiger partial charge is 0.265 e. The summed E-state index contributed by atoms with van der Waals surface area (Å²) in [6.45, 7) is 3.24. The first-order valence-electron chi connectivity index (χ1n) is 8.32. The number of rotatable bonds is 4. The number of aromatic nitrogens is 1. The maximum atomic E-state index is 12.7. The Labute approximate surface area is 151 Å². The molecule has 0 bridgehead atoms. The number of likely N-dealkylation sites (tertiary alicyclic amines) is 1. The minimum Gasteiger partial charge on any atom is -0.338 e. The molecule has 1 amide bonds. The predicted octanol–water partition coefficient (Wildman–Crippen LogP) is 3.27. The van der Waals surface area contributed by atoms with Gasteiger partial charge in [-0.05, 0) is 31.9 Å². The Morgan fingerprint density at radius 3 is 2.40 bits per heavy atom. The number of hydrogen-bond donors (Lipinski definition) is 1. The summed E-state index contributed by atoms with van der Waals surface area (Å²) in [5, 5.41) is 0.222. The molecule has 2 heterocycles. The highest BCUT2D eigenvalue weighted by molar-refractivity contribution is 7.93. The summed E-state index contributed by atoms with van der Waals surface area (Å²) < 4.78 is 27.3. The van der Waals surface area contributed by atoms with Gasteiger partial charge in [-0.25, -0.2) is 13.4 Å². The van der Waals surface area contributed by atoms with E-state index in [1.807, 2.05) is 4.90 Å². The number of amides is 1. The zero-order chi connectivity index (χ0) is 17.9. The van der Waals surface area contributed by atoms with E-state index in [1.165, 1.54) is 12.1 Å². The molecule has 1 aliphatic heterocycles. The first-order valence-corrected chi connectivity index (χ1v) is 10.6. The van der Waals surface area contributed by atoms with Crippen LogP contribution in [0.5, 0.6) is 0 Å². The highest BCUT2D eigenvalue weighted by Crippen LogP contribution is 2.27. The fourth-order valence-electron chi connectivity index (χ4n) is 2.83. The fourth-order valence-corrected chi connectivity index (χ4v) is 5.02. The highest BCUT2D eigenvalue weighted by atomic mass is 32.2. The summed E-state index contributed by atoms with van der Waals surface area (Å²) in [6, 6.07) is 8.12. The van der Waals surface area contributed by atoms with Gasteiger partial charge in [0.25, 0.3) is 15.9 Å². The van der Waals surface area contributed by atoms with Gasteiger partial charge in [0.1, 0.15) is 4.88 Å². The summed E-state index contributed by atoms with van der Waals surface area (Å²) in [7, 11) is -3.70. The normalized spacial score (nSPS) is 15.6. The zero-order valence-electron chi connectivity index (χ0n) is 14.1. The van der Waals surface area contributed by atoms with Crippen LogP contribution in [0.2, 0.25) is 0 Å². The maximum Gasteiger partial charge on any atom is 0.265 e. The second-order valence-corrected chi connectivity index (χ2v) is 8.74. The summed E-state index contributed by atoms with van der Waals surface area (Å²) in [6.07, 6.45) is 4.31. The van der Waals surface area contributed by atoms with Crippen LogP contribution in [0, 0.1) is 6.92 Å². The Hall–Kier alpha value is -1.93. The molecule has 8 heteroatoms. The highest BCUT2D eigenvalue weighted by Gasteiger charge is 2.24. The number of aryl methyl sites for hydroxylation is 1. The lowest BCUT2D eigenvalue weighted by Gasteiger charge is -2.19. The van der Waals surface area contributed by atoms with E-state index >= 15 is 0 Å². The van der Waals surface area contributed by atoms with Crippen molar-refractivity contribution in [3.8, 4) is 0 Å². The van der Waals surface area contributed by atoms with Crippen LogP contribution < -0.4 is 4.72 Å². The van der Waals surface area contributed by atoms with E-state index in [9.17, 15) is 13.2 Å². The monoisotopic (exact) mass is 379 g/mol. The van der Waals surface area contributed by atoms with E-state index in [1.54, 1.807) is 25.1 Å². The number of anilines is 1. The fraction of sp³-hybridized carbons (Fsp3) is 0.412. The minimum atomic E-state index is -3.70. The van der Waals surface area contributed by atoms with Crippen LogP contribution in [0.4, 0.5) is 5.13 Å². The van der Waals surface area contributed by atoms with Gasteiger partial charge in [0.2, 0.25) is 0 Å². The molecule has 1 aliphatic rings. The SMILES string of the molecule is Cc1nc(NS(=O)(=O)c2ccccc2)sc1C(=O)N1CCCCCC1. The van der Waals surface area contributed by atoms with Gasteiger partial charge in [0, 0.05) is 13.1 Å². The number of carbonyl (C=O) groups excluding carboxylic acids is 1. The molecule has 0 atom stereocenters. The third-order valence-electron chi connectivity index (χ3n) is 4.16. The molecule has 0 unspecified atom stereocenters. The molecule has 0 aliphatic carbocycles. The molecule has 0 radical (unpaired) electrons. The number of thiazole rings is 1. The molecule has 25 heavy (non-hydrogen) atoms. The molecule has 1 fully saturated rings. The average molecular weight is 380 g/mol. The Balaban J connectivity index is 1.79. The van der Waals surface area contributed by atoms with Crippen molar-refractivity contribution >= 4 is 32.4 Å². The van der Waals surface area contributed by atoms with E-state index in [0.717, 1.165) is 50.1 Å². The van der Waals surface area contributed by atoms with Gasteiger partial charge in [-0.2, -0.15) is 0 Å². The molecule has 1 N–H and O–H groups in total. The van der Waals surface area contributed by atoms with Gasteiger partial charge in [-0.1, -0.05) is 42.4 Å². The van der Waals surface area contributed by atoms with Gasteiger partial charge in [-0.15, -0.1) is 0 Å². The second kappa shape index (κ2) is 7.53. The molecular formula is C17H21N3O3S2. The van der Waals surface area contributed by atoms with E-state index in [4.69, 9.17) is 0 Å². The third kappa shape index (κ3) is 4.19. The average Bonchev–Trinajstić information content (AvgIpc) is 2.79. The molecule has 6 nitrogen and oxygen atoms in total. The number of nitrogens with one attached hydrogen (secondary N) is 1. The number of hydrogen-bond acceptors (Lipinski definition) is 5. The van der Waals surface area contributed by atoms with Crippen LogP contribution >= 0.6 is 11.3 Å². The van der Waals surface area contributed by atoms with Crippen molar-refractivity contribution in [3.05, 3.63) is 40.9 Å². The second-order valence-electron chi connectivity index (χ2n) is 6.06. The van der Waals surface area contributed by atoms with Crippen molar-refractivity contribution in [1.82, 2.24) is 9.88 Å². The maximum absolute atomic E-state index is 12.7. The molecule has 1 aromatic heterocycles. The Morgan fingerprint density at radius 1 is 1.12 bits per heavy atom. The Kier molecular flexibility index (Phi) is 5.39. The summed E-state index contributed by atoms with van der Waals surface area (Å²) in [4.78, 5) is 19.5. The van der Waals surface area contributed by atoms with E-state index in [2.05, 4.69) is 9.71 Å². The number of sulfonamides is 1. The van der Waals surface area contributed by atoms with Crippen LogP contribution in [0.15, 0.2) is 35.2 Å². The zero-order valence-corrected chi connectivity index (χ0v) is 15.7. The molecule has 2 aromatic rings. The van der Waals surface area contributed by atoms with Crippen LogP contribution in [-0.4, -0.2) is 37.3 Å². The predicted molar refractivity (Wildman–Crippen MR) is 98.5 cm³/mol. The van der Waals surface area contributed by atoms with Gasteiger partial charge >= 0.3 is 0 Å². The standard InChI is InChI=1S/C17H21N3O3S2/c1-13-15(16(21)20-11-7-2-3-8-12-20)24-17(18-13)19-25(22,23)14-9-5-4-6-10-14/h4-6,9-10H,2-3,7-8,11-12H2,1H3,(H,18,19). The largest absolute Gasteiger partial charge is 0.338 e. The van der Waals surface area contributed by atoms with Crippen molar-refractivity contribution < 1.29 is 13.2 Å². The van der Waals surface area contributed by atoms with Crippen LogP contribution in [0.25, 0.3) is 0 Å². The van der Waals surface area contributed by atoms with Gasteiger partial charge in [0.05, 0.1) is 10.6 Å². The van der Waals surface area contributed by atoms with Gasteiger partial charge in [0.15, 0.2) is 5.13 Å². The van der Waals surface area contributed by atoms with Crippen molar-refractivity contribution in [2.75, 3.05) is 17.8 Å². The topological polar surface area (TPSA) is 79.4 Å². The van der Waals surface area contributed by atoms with Gasteiger partial charge < -0.3 is 4.90 Å². The number of carbonyl (C=O) groups is 1. The lowest BCUT2D eigenvalue weighted by Crippen LogP contribution is -2.31. The Morgan fingerprint density at radius 2 is 1.76 bits per heavy atom. The summed E-state index contributed by atoms with van der Waals surface area (Å²) in [5.41, 5.74) is 0.560. The van der Waals surface area contributed by atoms with E-state index in [-0.39, 0.29) is 15.9 Å². The first-order chi connectivity index (χ1) is 12.0. The first kappa shape index (κ1) is 17.9. The number of nitrogens with zero attached hydrogens (tertiary/aromatic N) is 2. The van der Waals surface area contributed by atoms with E-state index in [0.29, 0.717) is 10.6 Å². The molecule has 0 saturated carbocycles. The third-order valence-corrected chi connectivity index (χ3v) is 6.70. The van der Waals surface area contributed by atoms with E-state index < -0.39 is 10.0 Å². The molecule has 1 saturated heterocycles. The lowest BCUT2D eigenvalue weighted by atomic mass is 10.2. The van der Waals surface area contributed by atoms with Gasteiger partial charge in [-0.3, -0.25) is 9.52 Å². The quantitative estimate of drug-likeness (QED) is 0.884. The van der Waals surface area contributed by atoms with Crippen LogP contribution in [-0.2, 0) is 10.0 Å². The molecule has 3 rings (SSSR count). The molecular weight excluding hydrogens is 358 g/mol. The molecule has 1 aromatic carbocycles. The minimum absolute atomic E-state index is 0.0536. The summed E-state index contributed by atoms with van der Waals surface area (Å²) in [5.74, 6) is -0.0536. The molecule has 0 spiro atoms.